The van der Waals surface area contributed by atoms with Crippen LogP contribution in [-0.2, 0) is 0 Å². The molecule has 0 N–H and O–H groups in total. The van der Waals surface area contributed by atoms with Gasteiger partial charge in [0.25, 0.3) is 0 Å². The molecule has 1 fully saturated rings. The van der Waals surface area contributed by atoms with Crippen molar-refractivity contribution < 1.29 is 0 Å². The van der Waals surface area contributed by atoms with Crippen LogP contribution in [0.2, 0.25) is 0 Å². The summed E-state index contributed by atoms with van der Waals surface area (Å²) < 4.78 is 2.51. The van der Waals surface area contributed by atoms with Crippen LogP contribution in [0.1, 0.15) is 25.7 Å². The van der Waals surface area contributed by atoms with Crippen LogP contribution in [0.5, 0.6) is 0 Å². The van der Waals surface area contributed by atoms with Crippen molar-refractivity contribution in [3.05, 3.63) is 24.3 Å². The molecular weight excluding hydrogens is 278 g/mol. The lowest BCUT2D eigenvalue weighted by Crippen LogP contribution is -2.21. The quantitative estimate of drug-likeness (QED) is 0.638. The smallest absolute Gasteiger partial charge is 0.151 e. The van der Waals surface area contributed by atoms with Gasteiger partial charge in [0.2, 0.25) is 0 Å². The van der Waals surface area contributed by atoms with Crippen molar-refractivity contribution >= 4 is 45.9 Å². The average Bonchev–Trinajstić information content (AvgIpc) is 3.03. The Labute approximate surface area is 122 Å². The lowest BCUT2D eigenvalue weighted by atomic mass is 9.91. The Kier molecular flexibility index (Phi) is 3.87. The van der Waals surface area contributed by atoms with Crippen molar-refractivity contribution in [2.24, 2.45) is 5.41 Å². The summed E-state index contributed by atoms with van der Waals surface area (Å²) in [5, 5.41) is 0. The van der Waals surface area contributed by atoms with E-state index in [0.717, 1.165) is 11.3 Å². The Morgan fingerprint density at radius 1 is 1.28 bits per heavy atom. The standard InChI is InChI=1S/C14H17NS3/c16-9-14(7-3-4-8-14)10-17-13-15-11-5-1-2-6-12(11)18-13/h1-2,5-6,16H,3-4,7-10H2. The molecule has 0 bridgehead atoms. The molecule has 1 aliphatic carbocycles. The van der Waals surface area contributed by atoms with E-state index in [1.807, 2.05) is 23.1 Å². The first-order valence-electron chi connectivity index (χ1n) is 6.41. The molecule has 4 heteroatoms. The van der Waals surface area contributed by atoms with E-state index in [0.29, 0.717) is 5.41 Å². The predicted molar refractivity (Wildman–Crippen MR) is 85.1 cm³/mol. The summed E-state index contributed by atoms with van der Waals surface area (Å²) in [5.41, 5.74) is 1.60. The zero-order valence-corrected chi connectivity index (χ0v) is 12.8. The molecule has 1 heterocycles. The Balaban J connectivity index is 1.72. The maximum atomic E-state index is 4.70. The van der Waals surface area contributed by atoms with Crippen molar-refractivity contribution in [2.75, 3.05) is 11.5 Å². The van der Waals surface area contributed by atoms with E-state index in [1.54, 1.807) is 0 Å². The van der Waals surface area contributed by atoms with E-state index < -0.39 is 0 Å². The highest BCUT2D eigenvalue weighted by atomic mass is 32.2. The van der Waals surface area contributed by atoms with Gasteiger partial charge in [0.05, 0.1) is 10.2 Å². The molecule has 0 aliphatic heterocycles. The van der Waals surface area contributed by atoms with Crippen molar-refractivity contribution in [3.63, 3.8) is 0 Å². The highest BCUT2D eigenvalue weighted by Crippen LogP contribution is 2.43. The number of thiol groups is 1. The molecule has 0 atom stereocenters. The molecule has 96 valence electrons. The molecule has 1 saturated carbocycles. The van der Waals surface area contributed by atoms with Gasteiger partial charge in [0, 0.05) is 5.75 Å². The van der Waals surface area contributed by atoms with Gasteiger partial charge in [-0.1, -0.05) is 36.7 Å². The van der Waals surface area contributed by atoms with Crippen LogP contribution < -0.4 is 0 Å². The second-order valence-corrected chi connectivity index (χ2v) is 7.67. The van der Waals surface area contributed by atoms with Crippen LogP contribution in [0.15, 0.2) is 28.6 Å². The number of fused-ring (bicyclic) bond motifs is 1. The maximum Gasteiger partial charge on any atom is 0.151 e. The number of benzene rings is 1. The zero-order valence-electron chi connectivity index (χ0n) is 10.3. The van der Waals surface area contributed by atoms with Crippen LogP contribution in [-0.4, -0.2) is 16.5 Å². The third-order valence-electron chi connectivity index (χ3n) is 3.78. The summed E-state index contributed by atoms with van der Waals surface area (Å²) in [6.45, 7) is 0. The fraction of sp³-hybridized carbons (Fsp3) is 0.500. The third-order valence-corrected chi connectivity index (χ3v) is 6.98. The topological polar surface area (TPSA) is 12.9 Å². The second kappa shape index (κ2) is 5.43. The number of aromatic nitrogens is 1. The number of thiazole rings is 1. The van der Waals surface area contributed by atoms with Gasteiger partial charge in [-0.3, -0.25) is 0 Å². The Morgan fingerprint density at radius 3 is 2.78 bits per heavy atom. The number of nitrogens with zero attached hydrogens (tertiary/aromatic N) is 1. The minimum atomic E-state index is 0.464. The van der Waals surface area contributed by atoms with E-state index in [-0.39, 0.29) is 0 Å². The molecule has 18 heavy (non-hydrogen) atoms. The summed E-state index contributed by atoms with van der Waals surface area (Å²) in [5.74, 6) is 2.20. The fourth-order valence-electron chi connectivity index (χ4n) is 2.60. The lowest BCUT2D eigenvalue weighted by molar-refractivity contribution is 0.403. The Bertz CT molecular complexity index is 496. The molecule has 0 spiro atoms. The van der Waals surface area contributed by atoms with Crippen molar-refractivity contribution in [1.82, 2.24) is 4.98 Å². The molecule has 1 aliphatic rings. The second-order valence-electron chi connectivity index (χ2n) is 5.10. The van der Waals surface area contributed by atoms with Gasteiger partial charge < -0.3 is 0 Å². The fourth-order valence-corrected chi connectivity index (χ4v) is 5.54. The van der Waals surface area contributed by atoms with Crippen molar-refractivity contribution in [2.45, 2.75) is 30.0 Å². The molecule has 0 radical (unpaired) electrons. The first-order chi connectivity index (χ1) is 8.81. The van der Waals surface area contributed by atoms with Crippen LogP contribution in [0.25, 0.3) is 10.2 Å². The maximum absolute atomic E-state index is 4.70. The molecule has 0 unspecified atom stereocenters. The number of para-hydroxylation sites is 1. The Hall–Kier alpha value is -0.190. The average molecular weight is 295 g/mol. The van der Waals surface area contributed by atoms with Crippen molar-refractivity contribution in [1.29, 1.82) is 0 Å². The molecule has 1 aromatic carbocycles. The number of rotatable bonds is 4. The number of hydrogen-bond acceptors (Lipinski definition) is 4. The van der Waals surface area contributed by atoms with Crippen LogP contribution in [0.4, 0.5) is 0 Å². The summed E-state index contributed by atoms with van der Waals surface area (Å²) in [7, 11) is 0. The van der Waals surface area contributed by atoms with Crippen molar-refractivity contribution in [3.8, 4) is 0 Å². The van der Waals surface area contributed by atoms with Gasteiger partial charge in [-0.25, -0.2) is 4.98 Å². The Morgan fingerprint density at radius 2 is 2.06 bits per heavy atom. The monoisotopic (exact) mass is 295 g/mol. The molecule has 2 aromatic rings. The minimum Gasteiger partial charge on any atom is -0.230 e. The summed E-state index contributed by atoms with van der Waals surface area (Å²) in [4.78, 5) is 4.70. The SMILES string of the molecule is SCC1(CSc2nc3ccccc3s2)CCCC1. The first-order valence-corrected chi connectivity index (χ1v) is 8.84. The molecule has 3 rings (SSSR count). The first kappa shape index (κ1) is 12.8. The van der Waals surface area contributed by atoms with Gasteiger partial charge in [-0.2, -0.15) is 12.6 Å². The molecule has 0 amide bonds. The van der Waals surface area contributed by atoms with E-state index in [4.69, 9.17) is 4.98 Å². The van der Waals surface area contributed by atoms with Gasteiger partial charge in [-0.05, 0) is 36.1 Å². The van der Waals surface area contributed by atoms with Crippen LogP contribution in [0.3, 0.4) is 0 Å². The third kappa shape index (κ3) is 2.56. The van der Waals surface area contributed by atoms with Gasteiger partial charge >= 0.3 is 0 Å². The minimum absolute atomic E-state index is 0.464. The van der Waals surface area contributed by atoms with Gasteiger partial charge in [-0.15, -0.1) is 11.3 Å². The highest BCUT2D eigenvalue weighted by molar-refractivity contribution is 8.01. The van der Waals surface area contributed by atoms with Crippen LogP contribution in [0, 0.1) is 5.41 Å². The largest absolute Gasteiger partial charge is 0.230 e. The van der Waals surface area contributed by atoms with E-state index in [2.05, 4.69) is 36.9 Å². The van der Waals surface area contributed by atoms with Gasteiger partial charge in [0.1, 0.15) is 0 Å². The van der Waals surface area contributed by atoms with E-state index in [1.165, 1.54) is 40.5 Å². The predicted octanol–water partition coefficient (Wildman–Crippen LogP) is 4.88. The number of thioether (sulfide) groups is 1. The van der Waals surface area contributed by atoms with E-state index >= 15 is 0 Å². The molecular formula is C14H17NS3. The molecule has 1 aromatic heterocycles. The summed E-state index contributed by atoms with van der Waals surface area (Å²) >= 11 is 8.31. The molecule has 0 saturated heterocycles. The molecule has 1 nitrogen and oxygen atoms in total. The zero-order chi connectivity index (χ0) is 12.4. The van der Waals surface area contributed by atoms with Gasteiger partial charge in [0.15, 0.2) is 4.34 Å². The normalized spacial score (nSPS) is 18.5. The van der Waals surface area contributed by atoms with Crippen LogP contribution >= 0.6 is 35.7 Å². The van der Waals surface area contributed by atoms with E-state index in [9.17, 15) is 0 Å². The number of hydrogen-bond donors (Lipinski definition) is 1. The highest BCUT2D eigenvalue weighted by Gasteiger charge is 2.32. The summed E-state index contributed by atoms with van der Waals surface area (Å²) in [6.07, 6.45) is 5.44. The summed E-state index contributed by atoms with van der Waals surface area (Å²) in [6, 6.07) is 8.39. The lowest BCUT2D eigenvalue weighted by Gasteiger charge is -2.25.